The predicted molar refractivity (Wildman–Crippen MR) is 79.1 cm³/mol. The number of hydrogen-bond donors (Lipinski definition) is 0. The molecule has 0 saturated heterocycles. The van der Waals surface area contributed by atoms with Crippen LogP contribution >= 0.6 is 22.7 Å². The molecule has 5 nitrogen and oxygen atoms in total. The monoisotopic (exact) mass is 302 g/mol. The standard InChI is InChI=1S/C13H10N4OS2/c1-7-5-10(18-16-7)9-6-20-12(15-9)11-8(2)14-13-17(11)3-4-19-13/h3-6H,1-2H3. The van der Waals surface area contributed by atoms with Gasteiger partial charge in [-0.2, -0.15) is 0 Å². The van der Waals surface area contributed by atoms with Crippen molar-refractivity contribution in [1.82, 2.24) is 19.5 Å². The lowest BCUT2D eigenvalue weighted by atomic mass is 10.3. The van der Waals surface area contributed by atoms with E-state index in [-0.39, 0.29) is 0 Å². The number of thiazole rings is 2. The highest BCUT2D eigenvalue weighted by molar-refractivity contribution is 7.15. The maximum Gasteiger partial charge on any atom is 0.194 e. The lowest BCUT2D eigenvalue weighted by Gasteiger charge is -1.95. The van der Waals surface area contributed by atoms with E-state index in [1.54, 1.807) is 22.7 Å². The van der Waals surface area contributed by atoms with E-state index in [0.29, 0.717) is 5.76 Å². The van der Waals surface area contributed by atoms with Crippen molar-refractivity contribution in [1.29, 1.82) is 0 Å². The fraction of sp³-hybridized carbons (Fsp3) is 0.154. The van der Waals surface area contributed by atoms with Crippen LogP contribution < -0.4 is 0 Å². The normalized spacial score (nSPS) is 11.5. The third-order valence-electron chi connectivity index (χ3n) is 3.02. The van der Waals surface area contributed by atoms with Gasteiger partial charge in [0.05, 0.1) is 11.4 Å². The second-order valence-corrected chi connectivity index (χ2v) is 6.20. The van der Waals surface area contributed by atoms with Gasteiger partial charge in [0.15, 0.2) is 10.7 Å². The molecular formula is C13H10N4OS2. The number of hydrogen-bond acceptors (Lipinski definition) is 6. The van der Waals surface area contributed by atoms with Gasteiger partial charge in [-0.1, -0.05) is 5.16 Å². The highest BCUT2D eigenvalue weighted by Gasteiger charge is 2.17. The molecule has 4 aromatic heterocycles. The fourth-order valence-corrected chi connectivity index (χ4v) is 3.79. The summed E-state index contributed by atoms with van der Waals surface area (Å²) in [5, 5.41) is 8.85. The molecule has 0 atom stereocenters. The van der Waals surface area contributed by atoms with Gasteiger partial charge < -0.3 is 4.52 Å². The minimum absolute atomic E-state index is 0.703. The Balaban J connectivity index is 1.85. The first-order valence-corrected chi connectivity index (χ1v) is 7.80. The largest absolute Gasteiger partial charge is 0.354 e. The van der Waals surface area contributed by atoms with Gasteiger partial charge in [-0.3, -0.25) is 4.40 Å². The molecule has 0 fully saturated rings. The van der Waals surface area contributed by atoms with Crippen LogP contribution in [0.1, 0.15) is 11.4 Å². The third-order valence-corrected chi connectivity index (χ3v) is 4.63. The predicted octanol–water partition coefficient (Wildman–Crippen LogP) is 3.79. The Hall–Kier alpha value is -1.99. The minimum Gasteiger partial charge on any atom is -0.354 e. The van der Waals surface area contributed by atoms with Crippen LogP contribution in [-0.2, 0) is 0 Å². The average molecular weight is 302 g/mol. The number of imidazole rings is 1. The third kappa shape index (κ3) is 1.70. The van der Waals surface area contributed by atoms with Crippen molar-refractivity contribution in [3.05, 3.63) is 34.4 Å². The summed E-state index contributed by atoms with van der Waals surface area (Å²) in [6, 6.07) is 1.89. The summed E-state index contributed by atoms with van der Waals surface area (Å²) in [5.41, 5.74) is 3.71. The molecule has 100 valence electrons. The first-order valence-electron chi connectivity index (χ1n) is 6.04. The molecule has 0 aliphatic carbocycles. The van der Waals surface area contributed by atoms with Crippen molar-refractivity contribution in [3.63, 3.8) is 0 Å². The van der Waals surface area contributed by atoms with Crippen molar-refractivity contribution in [3.8, 4) is 22.2 Å². The van der Waals surface area contributed by atoms with E-state index in [2.05, 4.69) is 19.5 Å². The van der Waals surface area contributed by atoms with E-state index in [0.717, 1.165) is 32.7 Å². The van der Waals surface area contributed by atoms with E-state index in [4.69, 9.17) is 4.52 Å². The highest BCUT2D eigenvalue weighted by Crippen LogP contribution is 2.32. The molecule has 4 rings (SSSR count). The Kier molecular flexibility index (Phi) is 2.51. The quantitative estimate of drug-likeness (QED) is 0.565. The molecule has 0 N–H and O–H groups in total. The number of fused-ring (bicyclic) bond motifs is 1. The van der Waals surface area contributed by atoms with Crippen LogP contribution in [-0.4, -0.2) is 19.5 Å². The lowest BCUT2D eigenvalue weighted by molar-refractivity contribution is 0.426. The Bertz CT molecular complexity index is 899. The highest BCUT2D eigenvalue weighted by atomic mass is 32.1. The number of aromatic nitrogens is 4. The maximum absolute atomic E-state index is 5.26. The van der Waals surface area contributed by atoms with Crippen LogP contribution in [0.5, 0.6) is 0 Å². The van der Waals surface area contributed by atoms with Crippen LogP contribution in [0.25, 0.3) is 27.1 Å². The second kappa shape index (κ2) is 4.26. The Labute approximate surface area is 122 Å². The summed E-state index contributed by atoms with van der Waals surface area (Å²) in [6.45, 7) is 3.91. The zero-order valence-electron chi connectivity index (χ0n) is 10.8. The summed E-state index contributed by atoms with van der Waals surface area (Å²) in [5.74, 6) is 0.703. The van der Waals surface area contributed by atoms with Crippen molar-refractivity contribution >= 4 is 27.6 Å². The molecule has 0 unspecified atom stereocenters. The molecule has 0 aliphatic rings. The Morgan fingerprint density at radius 1 is 1.20 bits per heavy atom. The molecule has 0 bridgehead atoms. The van der Waals surface area contributed by atoms with Gasteiger partial charge in [0.2, 0.25) is 0 Å². The topological polar surface area (TPSA) is 56.2 Å². The average Bonchev–Trinajstić information content (AvgIpc) is 3.11. The van der Waals surface area contributed by atoms with Gasteiger partial charge in [-0.25, -0.2) is 9.97 Å². The van der Waals surface area contributed by atoms with E-state index < -0.39 is 0 Å². The summed E-state index contributed by atoms with van der Waals surface area (Å²) in [4.78, 5) is 10.2. The Morgan fingerprint density at radius 2 is 2.10 bits per heavy atom. The van der Waals surface area contributed by atoms with Crippen LogP contribution in [0, 0.1) is 13.8 Å². The Morgan fingerprint density at radius 3 is 2.90 bits per heavy atom. The van der Waals surface area contributed by atoms with Crippen molar-refractivity contribution in [2.24, 2.45) is 0 Å². The van der Waals surface area contributed by atoms with E-state index in [1.807, 2.05) is 36.9 Å². The molecule has 0 radical (unpaired) electrons. The van der Waals surface area contributed by atoms with E-state index in [1.165, 1.54) is 0 Å². The van der Waals surface area contributed by atoms with Gasteiger partial charge >= 0.3 is 0 Å². The molecule has 4 heterocycles. The summed E-state index contributed by atoms with van der Waals surface area (Å²) in [6.07, 6.45) is 2.02. The van der Waals surface area contributed by atoms with Crippen LogP contribution in [0.2, 0.25) is 0 Å². The number of rotatable bonds is 2. The first kappa shape index (κ1) is 11.8. The lowest BCUT2D eigenvalue weighted by Crippen LogP contribution is -1.85. The number of nitrogens with zero attached hydrogens (tertiary/aromatic N) is 4. The van der Waals surface area contributed by atoms with Crippen LogP contribution in [0.4, 0.5) is 0 Å². The summed E-state index contributed by atoms with van der Waals surface area (Å²) in [7, 11) is 0. The van der Waals surface area contributed by atoms with Crippen LogP contribution in [0.3, 0.4) is 0 Å². The minimum atomic E-state index is 0.703. The SMILES string of the molecule is Cc1cc(-c2csc(-c3c(C)nc4sccn34)n2)on1. The fourth-order valence-electron chi connectivity index (χ4n) is 2.13. The maximum atomic E-state index is 5.26. The molecule has 20 heavy (non-hydrogen) atoms. The van der Waals surface area contributed by atoms with Gasteiger partial charge in [0, 0.05) is 23.0 Å². The van der Waals surface area contributed by atoms with Gasteiger partial charge in [0.1, 0.15) is 16.4 Å². The van der Waals surface area contributed by atoms with Crippen molar-refractivity contribution in [2.45, 2.75) is 13.8 Å². The first-order chi connectivity index (χ1) is 9.72. The molecule has 7 heteroatoms. The van der Waals surface area contributed by atoms with E-state index >= 15 is 0 Å². The molecular weight excluding hydrogens is 292 g/mol. The van der Waals surface area contributed by atoms with Gasteiger partial charge in [-0.05, 0) is 13.8 Å². The van der Waals surface area contributed by atoms with Crippen molar-refractivity contribution in [2.75, 3.05) is 0 Å². The van der Waals surface area contributed by atoms with Gasteiger partial charge in [-0.15, -0.1) is 22.7 Å². The van der Waals surface area contributed by atoms with Crippen molar-refractivity contribution < 1.29 is 4.52 Å². The second-order valence-electron chi connectivity index (χ2n) is 4.47. The smallest absolute Gasteiger partial charge is 0.194 e. The zero-order chi connectivity index (χ0) is 13.7. The molecule has 0 saturated carbocycles. The molecule has 0 spiro atoms. The summed E-state index contributed by atoms with van der Waals surface area (Å²) >= 11 is 3.21. The zero-order valence-corrected chi connectivity index (χ0v) is 12.5. The molecule has 4 aromatic rings. The number of aryl methyl sites for hydroxylation is 2. The molecule has 0 aliphatic heterocycles. The summed E-state index contributed by atoms with van der Waals surface area (Å²) < 4.78 is 7.34. The molecule has 0 aromatic carbocycles. The van der Waals surface area contributed by atoms with E-state index in [9.17, 15) is 0 Å². The molecule has 0 amide bonds. The van der Waals surface area contributed by atoms with Gasteiger partial charge in [0.25, 0.3) is 0 Å². The van der Waals surface area contributed by atoms with Crippen LogP contribution in [0.15, 0.2) is 27.5 Å².